The number of ether oxygens (including phenoxy) is 2. The number of benzene rings is 1. The Labute approximate surface area is 132 Å². The fraction of sp³-hybridized carbons (Fsp3) is 0.647. The van der Waals surface area contributed by atoms with E-state index >= 15 is 0 Å². The van der Waals surface area contributed by atoms with Crippen molar-refractivity contribution in [2.24, 2.45) is 0 Å². The molecule has 0 bridgehead atoms. The van der Waals surface area contributed by atoms with Gasteiger partial charge >= 0.3 is 0 Å². The van der Waals surface area contributed by atoms with Crippen molar-refractivity contribution in [3.63, 3.8) is 0 Å². The summed E-state index contributed by atoms with van der Waals surface area (Å²) >= 11 is 0. The molecule has 1 aromatic carbocycles. The van der Waals surface area contributed by atoms with Gasteiger partial charge in [-0.3, -0.25) is 9.80 Å². The van der Waals surface area contributed by atoms with Crippen molar-refractivity contribution in [2.75, 3.05) is 52.5 Å². The van der Waals surface area contributed by atoms with Gasteiger partial charge in [-0.15, -0.1) is 0 Å². The molecule has 0 aliphatic carbocycles. The molecular formula is C17H26N2O3. The lowest BCUT2D eigenvalue weighted by Crippen LogP contribution is -2.44. The lowest BCUT2D eigenvalue weighted by Gasteiger charge is -2.30. The molecule has 22 heavy (non-hydrogen) atoms. The van der Waals surface area contributed by atoms with Crippen LogP contribution in [0, 0.1) is 6.92 Å². The Bertz CT molecular complexity index is 489. The van der Waals surface area contributed by atoms with Crippen molar-refractivity contribution < 1.29 is 14.6 Å². The van der Waals surface area contributed by atoms with E-state index in [1.54, 1.807) is 0 Å². The van der Waals surface area contributed by atoms with Crippen LogP contribution >= 0.6 is 0 Å². The van der Waals surface area contributed by atoms with Crippen LogP contribution in [-0.2, 0) is 11.3 Å². The lowest BCUT2D eigenvalue weighted by molar-refractivity contribution is 0.00602. The topological polar surface area (TPSA) is 45.2 Å². The molecule has 1 unspecified atom stereocenters. The van der Waals surface area contributed by atoms with Crippen molar-refractivity contribution >= 4 is 0 Å². The van der Waals surface area contributed by atoms with E-state index in [0.717, 1.165) is 51.7 Å². The SMILES string of the molecule is Cc1ccc2c(c1)CN(CC(O)CN1CCOCC1)CCO2. The molecule has 0 amide bonds. The first-order valence-electron chi connectivity index (χ1n) is 8.13. The molecule has 2 aliphatic rings. The number of morpholine rings is 1. The fourth-order valence-electron chi connectivity index (χ4n) is 3.17. The average Bonchev–Trinajstić information content (AvgIpc) is 2.69. The standard InChI is InChI=1S/C17H26N2O3/c1-14-2-3-17-15(10-14)11-19(6-9-22-17)13-16(20)12-18-4-7-21-8-5-18/h2-3,10,16,20H,4-9,11-13H2,1H3. The molecule has 3 rings (SSSR count). The second-order valence-electron chi connectivity index (χ2n) is 6.26. The number of nitrogens with zero attached hydrogens (tertiary/aromatic N) is 2. The number of hydrogen-bond acceptors (Lipinski definition) is 5. The highest BCUT2D eigenvalue weighted by Gasteiger charge is 2.20. The molecule has 1 fully saturated rings. The zero-order valence-electron chi connectivity index (χ0n) is 13.3. The van der Waals surface area contributed by atoms with Crippen LogP contribution in [0.3, 0.4) is 0 Å². The summed E-state index contributed by atoms with van der Waals surface area (Å²) in [5.41, 5.74) is 2.47. The second-order valence-corrected chi connectivity index (χ2v) is 6.26. The summed E-state index contributed by atoms with van der Waals surface area (Å²) in [5, 5.41) is 10.4. The fourth-order valence-corrected chi connectivity index (χ4v) is 3.17. The summed E-state index contributed by atoms with van der Waals surface area (Å²) in [6.45, 7) is 9.28. The van der Waals surface area contributed by atoms with E-state index in [4.69, 9.17) is 9.47 Å². The van der Waals surface area contributed by atoms with Gasteiger partial charge in [-0.2, -0.15) is 0 Å². The maximum absolute atomic E-state index is 10.4. The van der Waals surface area contributed by atoms with Gasteiger partial charge in [-0.25, -0.2) is 0 Å². The number of aryl methyl sites for hydroxylation is 1. The second kappa shape index (κ2) is 7.42. The molecule has 1 saturated heterocycles. The molecular weight excluding hydrogens is 280 g/mol. The minimum Gasteiger partial charge on any atom is -0.492 e. The molecule has 2 heterocycles. The van der Waals surface area contributed by atoms with Crippen LogP contribution in [0.5, 0.6) is 5.75 Å². The van der Waals surface area contributed by atoms with Crippen molar-refractivity contribution in [3.05, 3.63) is 29.3 Å². The van der Waals surface area contributed by atoms with Crippen LogP contribution in [-0.4, -0.2) is 73.6 Å². The molecule has 2 aliphatic heterocycles. The van der Waals surface area contributed by atoms with E-state index in [1.807, 2.05) is 0 Å². The summed E-state index contributed by atoms with van der Waals surface area (Å²) in [6, 6.07) is 6.32. The van der Waals surface area contributed by atoms with E-state index < -0.39 is 0 Å². The van der Waals surface area contributed by atoms with E-state index in [9.17, 15) is 5.11 Å². The van der Waals surface area contributed by atoms with Crippen molar-refractivity contribution in [2.45, 2.75) is 19.6 Å². The van der Waals surface area contributed by atoms with E-state index in [0.29, 0.717) is 13.2 Å². The van der Waals surface area contributed by atoms with Gasteiger partial charge < -0.3 is 14.6 Å². The first-order chi connectivity index (χ1) is 10.7. The number of aliphatic hydroxyl groups is 1. The molecule has 1 atom stereocenters. The van der Waals surface area contributed by atoms with E-state index in [1.165, 1.54) is 11.1 Å². The summed E-state index contributed by atoms with van der Waals surface area (Å²) < 4.78 is 11.2. The van der Waals surface area contributed by atoms with Crippen LogP contribution in [0.4, 0.5) is 0 Å². The monoisotopic (exact) mass is 306 g/mol. The number of β-amino-alcohol motifs (C(OH)–C–C–N with tert-alkyl or cyclic N) is 1. The van der Waals surface area contributed by atoms with Gasteiger partial charge in [0, 0.05) is 44.8 Å². The highest BCUT2D eigenvalue weighted by atomic mass is 16.5. The Morgan fingerprint density at radius 3 is 2.64 bits per heavy atom. The molecule has 0 saturated carbocycles. The molecule has 0 aromatic heterocycles. The normalized spacial score (nSPS) is 21.7. The van der Waals surface area contributed by atoms with Crippen LogP contribution in [0.25, 0.3) is 0 Å². The highest BCUT2D eigenvalue weighted by molar-refractivity contribution is 5.37. The van der Waals surface area contributed by atoms with Crippen LogP contribution in [0.15, 0.2) is 18.2 Å². The van der Waals surface area contributed by atoms with Gasteiger partial charge in [0.25, 0.3) is 0 Å². The molecule has 1 aromatic rings. The maximum Gasteiger partial charge on any atom is 0.123 e. The summed E-state index contributed by atoms with van der Waals surface area (Å²) in [7, 11) is 0. The third-order valence-electron chi connectivity index (χ3n) is 4.32. The number of hydrogen-bond donors (Lipinski definition) is 1. The number of aliphatic hydroxyl groups excluding tert-OH is 1. The first kappa shape index (κ1) is 15.7. The molecule has 5 heteroatoms. The third-order valence-corrected chi connectivity index (χ3v) is 4.32. The van der Waals surface area contributed by atoms with E-state index in [2.05, 4.69) is 34.9 Å². The predicted octanol–water partition coefficient (Wildman–Crippen LogP) is 0.883. The zero-order valence-corrected chi connectivity index (χ0v) is 13.3. The smallest absolute Gasteiger partial charge is 0.123 e. The van der Waals surface area contributed by atoms with Crippen molar-refractivity contribution in [1.29, 1.82) is 0 Å². The molecule has 0 radical (unpaired) electrons. The minimum atomic E-state index is -0.329. The Morgan fingerprint density at radius 1 is 1.09 bits per heavy atom. The lowest BCUT2D eigenvalue weighted by atomic mass is 10.1. The first-order valence-corrected chi connectivity index (χ1v) is 8.13. The average molecular weight is 306 g/mol. The van der Waals surface area contributed by atoms with Crippen LogP contribution in [0.1, 0.15) is 11.1 Å². The van der Waals surface area contributed by atoms with Crippen molar-refractivity contribution in [3.8, 4) is 5.75 Å². The van der Waals surface area contributed by atoms with Gasteiger partial charge in [0.05, 0.1) is 19.3 Å². The van der Waals surface area contributed by atoms with Crippen LogP contribution < -0.4 is 4.74 Å². The Hall–Kier alpha value is -1.14. The van der Waals surface area contributed by atoms with Crippen molar-refractivity contribution in [1.82, 2.24) is 9.80 Å². The Kier molecular flexibility index (Phi) is 5.31. The number of fused-ring (bicyclic) bond motifs is 1. The summed E-state index contributed by atoms with van der Waals surface area (Å²) in [4.78, 5) is 4.57. The molecule has 0 spiro atoms. The zero-order chi connectivity index (χ0) is 15.4. The van der Waals surface area contributed by atoms with Gasteiger partial charge in [0.1, 0.15) is 12.4 Å². The highest BCUT2D eigenvalue weighted by Crippen LogP contribution is 2.24. The largest absolute Gasteiger partial charge is 0.492 e. The summed E-state index contributed by atoms with van der Waals surface area (Å²) in [5.74, 6) is 0.982. The molecule has 122 valence electrons. The van der Waals surface area contributed by atoms with E-state index in [-0.39, 0.29) is 6.10 Å². The number of rotatable bonds is 4. The quantitative estimate of drug-likeness (QED) is 0.895. The third kappa shape index (κ3) is 4.20. The Morgan fingerprint density at radius 2 is 1.82 bits per heavy atom. The van der Waals surface area contributed by atoms with Crippen LogP contribution in [0.2, 0.25) is 0 Å². The summed E-state index contributed by atoms with van der Waals surface area (Å²) in [6.07, 6.45) is -0.329. The molecule has 5 nitrogen and oxygen atoms in total. The van der Waals surface area contributed by atoms with Gasteiger partial charge in [-0.1, -0.05) is 17.7 Å². The maximum atomic E-state index is 10.4. The van der Waals surface area contributed by atoms with Gasteiger partial charge in [-0.05, 0) is 13.0 Å². The molecule has 1 N–H and O–H groups in total. The minimum absolute atomic E-state index is 0.329. The van der Waals surface area contributed by atoms with Gasteiger partial charge in [0.2, 0.25) is 0 Å². The predicted molar refractivity (Wildman–Crippen MR) is 85.2 cm³/mol. The van der Waals surface area contributed by atoms with Gasteiger partial charge in [0.15, 0.2) is 0 Å². The Balaban J connectivity index is 1.55.